The Bertz CT molecular complexity index is 244. The molecule has 0 spiro atoms. The highest BCUT2D eigenvalue weighted by Gasteiger charge is 2.16. The van der Waals surface area contributed by atoms with Gasteiger partial charge in [-0.2, -0.15) is 0 Å². The smallest absolute Gasteiger partial charge is 0.159 e. The van der Waals surface area contributed by atoms with Gasteiger partial charge in [0.05, 0.1) is 0 Å². The van der Waals surface area contributed by atoms with Crippen LogP contribution in [0, 0.1) is 5.92 Å². The Morgan fingerprint density at radius 3 is 2.42 bits per heavy atom. The van der Waals surface area contributed by atoms with Crippen molar-refractivity contribution in [2.45, 2.75) is 33.6 Å². The summed E-state index contributed by atoms with van der Waals surface area (Å²) in [6.45, 7) is 6.21. The molecule has 0 unspecified atom stereocenters. The SMILES string of the molecule is CC1=C(/C=C/C(C)C)CCC1=O. The van der Waals surface area contributed by atoms with E-state index in [-0.39, 0.29) is 0 Å². The lowest BCUT2D eigenvalue weighted by atomic mass is 10.1. The Hall–Kier alpha value is -0.850. The van der Waals surface area contributed by atoms with Crippen LogP contribution in [0.5, 0.6) is 0 Å². The minimum absolute atomic E-state index is 0.318. The van der Waals surface area contributed by atoms with E-state index in [1.54, 1.807) is 0 Å². The van der Waals surface area contributed by atoms with Crippen molar-refractivity contribution >= 4 is 5.78 Å². The molecule has 0 aliphatic heterocycles. The average molecular weight is 164 g/mol. The van der Waals surface area contributed by atoms with Gasteiger partial charge in [0.1, 0.15) is 0 Å². The molecule has 0 amide bonds. The Morgan fingerprint density at radius 1 is 1.33 bits per heavy atom. The van der Waals surface area contributed by atoms with Gasteiger partial charge in [-0.15, -0.1) is 0 Å². The van der Waals surface area contributed by atoms with Crippen molar-refractivity contribution in [3.05, 3.63) is 23.3 Å². The van der Waals surface area contributed by atoms with Crippen molar-refractivity contribution in [1.29, 1.82) is 0 Å². The molecule has 0 aromatic rings. The van der Waals surface area contributed by atoms with Crippen molar-refractivity contribution in [3.8, 4) is 0 Å². The maximum atomic E-state index is 11.1. The monoisotopic (exact) mass is 164 g/mol. The second kappa shape index (κ2) is 3.70. The summed E-state index contributed by atoms with van der Waals surface area (Å²) >= 11 is 0. The lowest BCUT2D eigenvalue weighted by Gasteiger charge is -1.96. The first-order chi connectivity index (χ1) is 5.61. The van der Waals surface area contributed by atoms with Crippen LogP contribution in [0.3, 0.4) is 0 Å². The van der Waals surface area contributed by atoms with Crippen LogP contribution in [0.1, 0.15) is 33.6 Å². The molecule has 0 heterocycles. The zero-order valence-electron chi connectivity index (χ0n) is 8.05. The average Bonchev–Trinajstić information content (AvgIpc) is 2.30. The van der Waals surface area contributed by atoms with Gasteiger partial charge in [-0.3, -0.25) is 4.79 Å². The van der Waals surface area contributed by atoms with Crippen molar-refractivity contribution in [3.63, 3.8) is 0 Å². The fourth-order valence-corrected chi connectivity index (χ4v) is 1.32. The third-order valence-electron chi connectivity index (χ3n) is 2.20. The molecule has 0 N–H and O–H groups in total. The molecule has 0 atom stereocenters. The summed E-state index contributed by atoms with van der Waals surface area (Å²) in [5, 5.41) is 0. The molecule has 1 aliphatic rings. The standard InChI is InChI=1S/C11H16O/c1-8(2)4-5-10-6-7-11(12)9(10)3/h4-5,8H,6-7H2,1-3H3/b5-4+. The summed E-state index contributed by atoms with van der Waals surface area (Å²) in [7, 11) is 0. The van der Waals surface area contributed by atoms with Crippen LogP contribution in [0.25, 0.3) is 0 Å². The van der Waals surface area contributed by atoms with Crippen LogP contribution < -0.4 is 0 Å². The number of rotatable bonds is 2. The van der Waals surface area contributed by atoms with E-state index in [1.165, 1.54) is 5.57 Å². The summed E-state index contributed by atoms with van der Waals surface area (Å²) in [5.74, 6) is 0.888. The van der Waals surface area contributed by atoms with Crippen LogP contribution in [0.4, 0.5) is 0 Å². The van der Waals surface area contributed by atoms with E-state index in [9.17, 15) is 4.79 Å². The van der Waals surface area contributed by atoms with Gasteiger partial charge in [0.25, 0.3) is 0 Å². The minimum atomic E-state index is 0.318. The molecular weight excluding hydrogens is 148 g/mol. The van der Waals surface area contributed by atoms with E-state index < -0.39 is 0 Å². The molecule has 0 bridgehead atoms. The summed E-state index contributed by atoms with van der Waals surface area (Å²) < 4.78 is 0. The lowest BCUT2D eigenvalue weighted by molar-refractivity contribution is -0.114. The van der Waals surface area contributed by atoms with E-state index in [2.05, 4.69) is 26.0 Å². The Labute approximate surface area is 74.2 Å². The molecule has 1 nitrogen and oxygen atoms in total. The third-order valence-corrected chi connectivity index (χ3v) is 2.20. The van der Waals surface area contributed by atoms with Gasteiger partial charge in [0, 0.05) is 6.42 Å². The number of hydrogen-bond donors (Lipinski definition) is 0. The van der Waals surface area contributed by atoms with Gasteiger partial charge in [-0.25, -0.2) is 0 Å². The first kappa shape index (κ1) is 9.24. The molecule has 0 aromatic heterocycles. The zero-order valence-corrected chi connectivity index (χ0v) is 8.05. The molecule has 1 heteroatoms. The molecule has 1 aliphatic carbocycles. The second-order valence-electron chi connectivity index (χ2n) is 3.68. The number of carbonyl (C=O) groups is 1. The molecule has 0 radical (unpaired) electrons. The number of carbonyl (C=O) groups excluding carboxylic acids is 1. The first-order valence-corrected chi connectivity index (χ1v) is 4.52. The number of Topliss-reactive ketones (excluding diaryl/α,β-unsaturated/α-hetero) is 1. The first-order valence-electron chi connectivity index (χ1n) is 4.52. The molecule has 0 fully saturated rings. The molecule has 0 aromatic carbocycles. The van der Waals surface area contributed by atoms with Crippen LogP contribution >= 0.6 is 0 Å². The van der Waals surface area contributed by atoms with E-state index >= 15 is 0 Å². The van der Waals surface area contributed by atoms with Crippen molar-refractivity contribution in [2.24, 2.45) is 5.92 Å². The highest BCUT2D eigenvalue weighted by molar-refractivity contribution is 5.98. The Balaban J connectivity index is 2.70. The van der Waals surface area contributed by atoms with Gasteiger partial charge in [0.2, 0.25) is 0 Å². The maximum absolute atomic E-state index is 11.1. The molecule has 0 saturated carbocycles. The second-order valence-corrected chi connectivity index (χ2v) is 3.68. The normalized spacial score (nSPS) is 18.8. The predicted octanol–water partition coefficient (Wildman–Crippen LogP) is 2.88. The molecule has 12 heavy (non-hydrogen) atoms. The van der Waals surface area contributed by atoms with E-state index in [0.29, 0.717) is 18.1 Å². The maximum Gasteiger partial charge on any atom is 0.159 e. The quantitative estimate of drug-likeness (QED) is 0.613. The Morgan fingerprint density at radius 2 is 2.00 bits per heavy atom. The van der Waals surface area contributed by atoms with Crippen LogP contribution in [0.15, 0.2) is 23.3 Å². The molecular formula is C11H16O. The number of allylic oxidation sites excluding steroid dienone is 4. The minimum Gasteiger partial charge on any atom is -0.295 e. The predicted molar refractivity (Wildman–Crippen MR) is 50.9 cm³/mol. The zero-order chi connectivity index (χ0) is 9.14. The van der Waals surface area contributed by atoms with Crippen LogP contribution in [-0.4, -0.2) is 5.78 Å². The van der Waals surface area contributed by atoms with E-state index in [1.807, 2.05) is 6.92 Å². The van der Waals surface area contributed by atoms with Crippen molar-refractivity contribution < 1.29 is 4.79 Å². The van der Waals surface area contributed by atoms with Gasteiger partial charge in [-0.1, -0.05) is 26.0 Å². The third kappa shape index (κ3) is 2.07. The summed E-state index contributed by atoms with van der Waals surface area (Å²) in [4.78, 5) is 11.1. The fourth-order valence-electron chi connectivity index (χ4n) is 1.32. The highest BCUT2D eigenvalue weighted by Crippen LogP contribution is 2.23. The fraction of sp³-hybridized carbons (Fsp3) is 0.545. The largest absolute Gasteiger partial charge is 0.295 e. The Kier molecular flexibility index (Phi) is 2.85. The lowest BCUT2D eigenvalue weighted by Crippen LogP contribution is -1.89. The number of ketones is 1. The summed E-state index contributed by atoms with van der Waals surface area (Å²) in [6, 6.07) is 0. The van der Waals surface area contributed by atoms with E-state index in [4.69, 9.17) is 0 Å². The molecule has 66 valence electrons. The van der Waals surface area contributed by atoms with Crippen molar-refractivity contribution in [1.82, 2.24) is 0 Å². The van der Waals surface area contributed by atoms with Gasteiger partial charge in [-0.05, 0) is 30.4 Å². The summed E-state index contributed by atoms with van der Waals surface area (Å²) in [6.07, 6.45) is 5.90. The highest BCUT2D eigenvalue weighted by atomic mass is 16.1. The number of hydrogen-bond acceptors (Lipinski definition) is 1. The molecule has 0 saturated heterocycles. The van der Waals surface area contributed by atoms with Crippen LogP contribution in [0.2, 0.25) is 0 Å². The van der Waals surface area contributed by atoms with Gasteiger partial charge in [0.15, 0.2) is 5.78 Å². The van der Waals surface area contributed by atoms with E-state index in [0.717, 1.165) is 12.0 Å². The van der Waals surface area contributed by atoms with Gasteiger partial charge >= 0.3 is 0 Å². The topological polar surface area (TPSA) is 17.1 Å². The summed E-state index contributed by atoms with van der Waals surface area (Å²) in [5.41, 5.74) is 2.20. The molecule has 1 rings (SSSR count). The van der Waals surface area contributed by atoms with Crippen LogP contribution in [-0.2, 0) is 4.79 Å². The van der Waals surface area contributed by atoms with Gasteiger partial charge < -0.3 is 0 Å². The van der Waals surface area contributed by atoms with Crippen molar-refractivity contribution in [2.75, 3.05) is 0 Å².